The van der Waals surface area contributed by atoms with E-state index in [9.17, 15) is 0 Å². The van der Waals surface area contributed by atoms with E-state index in [1.807, 2.05) is 0 Å². The first-order valence-corrected chi connectivity index (χ1v) is 8.84. The molecule has 0 aromatic heterocycles. The van der Waals surface area contributed by atoms with Crippen LogP contribution in [-0.4, -0.2) is 36.6 Å². The van der Waals surface area contributed by atoms with Crippen LogP contribution in [0.2, 0.25) is 0 Å². The molecule has 0 spiro atoms. The second-order valence-electron chi connectivity index (χ2n) is 7.25. The molecule has 1 N–H and O–H groups in total. The van der Waals surface area contributed by atoms with Crippen LogP contribution >= 0.6 is 0 Å². The minimum absolute atomic E-state index is 0.784. The zero-order valence-corrected chi connectivity index (χ0v) is 12.7. The lowest BCUT2D eigenvalue weighted by molar-refractivity contribution is 0.111. The molecule has 0 saturated heterocycles. The molecule has 0 heterocycles. The highest BCUT2D eigenvalue weighted by molar-refractivity contribution is 4.92. The van der Waals surface area contributed by atoms with Gasteiger partial charge in [-0.1, -0.05) is 19.8 Å². The van der Waals surface area contributed by atoms with E-state index in [1.165, 1.54) is 77.4 Å². The molecule has 2 heteroatoms. The van der Waals surface area contributed by atoms with Crippen LogP contribution in [0.15, 0.2) is 0 Å². The second-order valence-corrected chi connectivity index (χ2v) is 7.25. The Kier molecular flexibility index (Phi) is 4.81. The van der Waals surface area contributed by atoms with Crippen LogP contribution in [0.5, 0.6) is 0 Å². The number of nitrogens with one attached hydrogen (secondary N) is 1. The van der Waals surface area contributed by atoms with E-state index >= 15 is 0 Å². The van der Waals surface area contributed by atoms with Gasteiger partial charge in [0.1, 0.15) is 0 Å². The maximum Gasteiger partial charge on any atom is 0.0249 e. The van der Waals surface area contributed by atoms with E-state index in [0.29, 0.717) is 0 Å². The fraction of sp³-hybridized carbons (Fsp3) is 1.00. The lowest BCUT2D eigenvalue weighted by Gasteiger charge is -2.41. The van der Waals surface area contributed by atoms with Crippen LogP contribution in [0.25, 0.3) is 0 Å². The Labute approximate surface area is 119 Å². The van der Waals surface area contributed by atoms with E-state index in [2.05, 4.69) is 17.1 Å². The van der Waals surface area contributed by atoms with Crippen LogP contribution in [0.1, 0.15) is 64.7 Å². The first-order valence-electron chi connectivity index (χ1n) is 8.84. The van der Waals surface area contributed by atoms with Crippen LogP contribution in [-0.2, 0) is 0 Å². The summed E-state index contributed by atoms with van der Waals surface area (Å²) in [7, 11) is 0. The zero-order chi connectivity index (χ0) is 13.1. The molecule has 3 aliphatic rings. The summed E-state index contributed by atoms with van der Waals surface area (Å²) >= 11 is 0. The van der Waals surface area contributed by atoms with Crippen molar-refractivity contribution in [2.45, 2.75) is 76.8 Å². The van der Waals surface area contributed by atoms with Crippen molar-refractivity contribution in [3.8, 4) is 0 Å². The number of nitrogens with zero attached hydrogens (tertiary/aromatic N) is 1. The van der Waals surface area contributed by atoms with Gasteiger partial charge in [-0.15, -0.1) is 0 Å². The first-order chi connectivity index (χ1) is 9.36. The summed E-state index contributed by atoms with van der Waals surface area (Å²) < 4.78 is 0. The van der Waals surface area contributed by atoms with Crippen LogP contribution in [0.3, 0.4) is 0 Å². The zero-order valence-electron chi connectivity index (χ0n) is 12.7. The molecule has 110 valence electrons. The van der Waals surface area contributed by atoms with Gasteiger partial charge in [-0.3, -0.25) is 4.90 Å². The molecule has 2 nitrogen and oxygen atoms in total. The number of hydrogen-bond acceptors (Lipinski definition) is 2. The molecular weight excluding hydrogens is 232 g/mol. The lowest BCUT2D eigenvalue weighted by atomic mass is 9.88. The van der Waals surface area contributed by atoms with E-state index in [4.69, 9.17) is 0 Å². The molecule has 0 aliphatic heterocycles. The molecule has 3 fully saturated rings. The Hall–Kier alpha value is -0.0800. The van der Waals surface area contributed by atoms with E-state index < -0.39 is 0 Å². The van der Waals surface area contributed by atoms with E-state index in [0.717, 1.165) is 23.9 Å². The molecule has 0 aromatic carbocycles. The maximum atomic E-state index is 3.85. The molecule has 19 heavy (non-hydrogen) atoms. The quantitative estimate of drug-likeness (QED) is 0.722. The highest BCUT2D eigenvalue weighted by atomic mass is 15.2. The molecule has 0 radical (unpaired) electrons. The summed E-state index contributed by atoms with van der Waals surface area (Å²) in [6.45, 7) is 6.32. The Morgan fingerprint density at radius 1 is 0.895 bits per heavy atom. The second kappa shape index (κ2) is 6.58. The minimum atomic E-state index is 0.784. The summed E-state index contributed by atoms with van der Waals surface area (Å²) in [6.07, 6.45) is 13.0. The molecule has 3 aliphatic carbocycles. The number of rotatable bonds is 8. The Balaban J connectivity index is 1.58. The van der Waals surface area contributed by atoms with Crippen molar-refractivity contribution >= 4 is 0 Å². The topological polar surface area (TPSA) is 15.3 Å². The summed E-state index contributed by atoms with van der Waals surface area (Å²) in [5.74, 6) is 2.10. The van der Waals surface area contributed by atoms with E-state index in [1.54, 1.807) is 0 Å². The van der Waals surface area contributed by atoms with Crippen molar-refractivity contribution in [3.63, 3.8) is 0 Å². The van der Waals surface area contributed by atoms with Crippen LogP contribution in [0, 0.1) is 11.8 Å². The predicted octanol–water partition coefficient (Wildman–Crippen LogP) is 3.42. The van der Waals surface area contributed by atoms with Crippen molar-refractivity contribution in [3.05, 3.63) is 0 Å². The normalized spacial score (nSPS) is 31.9. The molecule has 3 saturated carbocycles. The fourth-order valence-electron chi connectivity index (χ4n) is 3.73. The highest BCUT2D eigenvalue weighted by Crippen LogP contribution is 2.36. The molecular formula is C17H32N2. The largest absolute Gasteiger partial charge is 0.312 e. The third-order valence-corrected chi connectivity index (χ3v) is 5.23. The monoisotopic (exact) mass is 264 g/mol. The van der Waals surface area contributed by atoms with Crippen molar-refractivity contribution in [1.82, 2.24) is 10.2 Å². The summed E-state index contributed by atoms with van der Waals surface area (Å²) in [6, 6.07) is 1.63. The van der Waals surface area contributed by atoms with Gasteiger partial charge in [-0.05, 0) is 63.3 Å². The average Bonchev–Trinajstić information content (AvgIpc) is 3.31. The third kappa shape index (κ3) is 4.19. The smallest absolute Gasteiger partial charge is 0.0249 e. The van der Waals surface area contributed by atoms with Gasteiger partial charge in [-0.25, -0.2) is 0 Å². The summed E-state index contributed by atoms with van der Waals surface area (Å²) in [4.78, 5) is 2.90. The van der Waals surface area contributed by atoms with Crippen molar-refractivity contribution < 1.29 is 0 Å². The van der Waals surface area contributed by atoms with Gasteiger partial charge < -0.3 is 5.32 Å². The predicted molar refractivity (Wildman–Crippen MR) is 81.4 cm³/mol. The van der Waals surface area contributed by atoms with Gasteiger partial charge in [0.25, 0.3) is 0 Å². The average molecular weight is 264 g/mol. The molecule has 0 bridgehead atoms. The Morgan fingerprint density at radius 3 is 2.11 bits per heavy atom. The van der Waals surface area contributed by atoms with Crippen molar-refractivity contribution in [2.75, 3.05) is 19.6 Å². The third-order valence-electron chi connectivity index (χ3n) is 5.23. The SMILES string of the molecule is CCCNC1CCCCC1N(CC1CC1)CC1CC1. The van der Waals surface area contributed by atoms with Gasteiger partial charge in [0.2, 0.25) is 0 Å². The molecule has 2 atom stereocenters. The Bertz CT molecular complexity index is 256. The highest BCUT2D eigenvalue weighted by Gasteiger charge is 2.36. The molecule has 0 amide bonds. The molecule has 2 unspecified atom stereocenters. The summed E-state index contributed by atoms with van der Waals surface area (Å²) in [5.41, 5.74) is 0. The van der Waals surface area contributed by atoms with Gasteiger partial charge in [-0.2, -0.15) is 0 Å². The Morgan fingerprint density at radius 2 is 1.53 bits per heavy atom. The lowest BCUT2D eigenvalue weighted by Crippen LogP contribution is -2.53. The molecule has 0 aromatic rings. The maximum absolute atomic E-state index is 3.85. The van der Waals surface area contributed by atoms with Gasteiger partial charge in [0.05, 0.1) is 0 Å². The standard InChI is InChI=1S/C17H32N2/c1-2-11-18-16-5-3-4-6-17(16)19(12-14-7-8-14)13-15-9-10-15/h14-18H,2-13H2,1H3. The first kappa shape index (κ1) is 13.9. The van der Waals surface area contributed by atoms with Gasteiger partial charge in [0.15, 0.2) is 0 Å². The van der Waals surface area contributed by atoms with Gasteiger partial charge in [0, 0.05) is 25.2 Å². The van der Waals surface area contributed by atoms with Crippen molar-refractivity contribution in [1.29, 1.82) is 0 Å². The van der Waals surface area contributed by atoms with Gasteiger partial charge >= 0.3 is 0 Å². The number of hydrogen-bond donors (Lipinski definition) is 1. The fourth-order valence-corrected chi connectivity index (χ4v) is 3.73. The summed E-state index contributed by atoms with van der Waals surface area (Å²) in [5, 5.41) is 3.85. The van der Waals surface area contributed by atoms with Crippen LogP contribution < -0.4 is 5.32 Å². The van der Waals surface area contributed by atoms with Crippen molar-refractivity contribution in [2.24, 2.45) is 11.8 Å². The van der Waals surface area contributed by atoms with E-state index in [-0.39, 0.29) is 0 Å². The minimum Gasteiger partial charge on any atom is -0.312 e. The molecule has 3 rings (SSSR count). The van der Waals surface area contributed by atoms with Crippen LogP contribution in [0.4, 0.5) is 0 Å².